The highest BCUT2D eigenvalue weighted by molar-refractivity contribution is 5.20. The molecule has 1 aromatic rings. The first-order valence-electron chi connectivity index (χ1n) is 9.75. The Hall–Kier alpha value is -1.49. The van der Waals surface area contributed by atoms with Crippen molar-refractivity contribution in [2.24, 2.45) is 11.8 Å². The van der Waals surface area contributed by atoms with Gasteiger partial charge in [0.15, 0.2) is 0 Å². The third kappa shape index (κ3) is 13.0. The summed E-state index contributed by atoms with van der Waals surface area (Å²) in [5.41, 5.74) is 0. The SMILES string of the molecule is CCC(C)CCC(C#N)CC.CCCCCCOc1ccccc1. The number of unbranched alkanes of at least 4 members (excludes halogenated alkanes) is 3. The molecular formula is C22H37NO. The summed E-state index contributed by atoms with van der Waals surface area (Å²) in [4.78, 5) is 0. The van der Waals surface area contributed by atoms with Gasteiger partial charge in [-0.3, -0.25) is 0 Å². The second-order valence-corrected chi connectivity index (χ2v) is 6.55. The van der Waals surface area contributed by atoms with Gasteiger partial charge in [0.25, 0.3) is 0 Å². The maximum absolute atomic E-state index is 8.66. The third-order valence-corrected chi connectivity index (χ3v) is 4.39. The molecule has 136 valence electrons. The number of nitriles is 1. The maximum Gasteiger partial charge on any atom is 0.119 e. The van der Waals surface area contributed by atoms with Gasteiger partial charge in [-0.2, -0.15) is 5.26 Å². The molecular weight excluding hydrogens is 294 g/mol. The quantitative estimate of drug-likeness (QED) is 0.409. The minimum absolute atomic E-state index is 0.295. The number of para-hydroxylation sites is 1. The molecule has 0 aliphatic rings. The lowest BCUT2D eigenvalue weighted by molar-refractivity contribution is 0.305. The average Bonchev–Trinajstić information content (AvgIpc) is 2.63. The molecule has 1 rings (SSSR count). The Bertz CT molecular complexity index is 410. The molecule has 0 radical (unpaired) electrons. The number of benzene rings is 1. The molecule has 0 aromatic heterocycles. The predicted octanol–water partition coefficient (Wildman–Crippen LogP) is 7.01. The zero-order valence-corrected chi connectivity index (χ0v) is 16.3. The highest BCUT2D eigenvalue weighted by Crippen LogP contribution is 2.16. The standard InChI is InChI=1S/C12H18O.C10H19N/c1-2-3-4-8-11-13-12-9-6-5-7-10-12;1-4-9(3)6-7-10(5-2)8-11/h5-7,9-10H,2-4,8,11H2,1H3;9-10H,4-7H2,1-3H3. The summed E-state index contributed by atoms with van der Waals surface area (Å²) in [6.07, 6.45) is 9.59. The summed E-state index contributed by atoms with van der Waals surface area (Å²) in [5.74, 6) is 2.07. The van der Waals surface area contributed by atoms with Crippen LogP contribution in [0.3, 0.4) is 0 Å². The molecule has 0 bridgehead atoms. The highest BCUT2D eigenvalue weighted by atomic mass is 16.5. The van der Waals surface area contributed by atoms with Crippen molar-refractivity contribution >= 4 is 0 Å². The minimum Gasteiger partial charge on any atom is -0.494 e. The van der Waals surface area contributed by atoms with Crippen LogP contribution in [0.25, 0.3) is 0 Å². The summed E-state index contributed by atoms with van der Waals surface area (Å²) in [5, 5.41) is 8.66. The number of nitrogens with zero attached hydrogens (tertiary/aromatic N) is 1. The Balaban J connectivity index is 0.000000449. The van der Waals surface area contributed by atoms with E-state index in [-0.39, 0.29) is 0 Å². The van der Waals surface area contributed by atoms with Crippen molar-refractivity contribution < 1.29 is 4.74 Å². The Morgan fingerprint density at radius 3 is 2.21 bits per heavy atom. The lowest BCUT2D eigenvalue weighted by Gasteiger charge is -2.09. The smallest absolute Gasteiger partial charge is 0.119 e. The third-order valence-electron chi connectivity index (χ3n) is 4.39. The molecule has 0 aliphatic heterocycles. The monoisotopic (exact) mass is 331 g/mol. The highest BCUT2D eigenvalue weighted by Gasteiger charge is 2.06. The first kappa shape index (κ1) is 22.5. The van der Waals surface area contributed by atoms with Crippen LogP contribution in [0, 0.1) is 23.2 Å². The molecule has 0 fully saturated rings. The van der Waals surface area contributed by atoms with Crippen LogP contribution in [-0.4, -0.2) is 6.61 Å². The lowest BCUT2D eigenvalue weighted by atomic mass is 9.95. The molecule has 0 saturated carbocycles. The first-order valence-corrected chi connectivity index (χ1v) is 9.75. The number of hydrogen-bond acceptors (Lipinski definition) is 2. The zero-order valence-electron chi connectivity index (χ0n) is 16.3. The van der Waals surface area contributed by atoms with Gasteiger partial charge in [-0.05, 0) is 43.7 Å². The van der Waals surface area contributed by atoms with Crippen LogP contribution in [0.15, 0.2) is 30.3 Å². The van der Waals surface area contributed by atoms with Gasteiger partial charge in [0.05, 0.1) is 12.7 Å². The van der Waals surface area contributed by atoms with Gasteiger partial charge in [-0.25, -0.2) is 0 Å². The second kappa shape index (κ2) is 16.4. The van der Waals surface area contributed by atoms with Crippen LogP contribution in [0.2, 0.25) is 0 Å². The van der Waals surface area contributed by atoms with Gasteiger partial charge < -0.3 is 4.74 Å². The van der Waals surface area contributed by atoms with Crippen molar-refractivity contribution in [3.63, 3.8) is 0 Å². The fourth-order valence-electron chi connectivity index (χ4n) is 2.29. The van der Waals surface area contributed by atoms with E-state index in [9.17, 15) is 0 Å². The molecule has 0 aliphatic carbocycles. The molecule has 0 saturated heterocycles. The van der Waals surface area contributed by atoms with E-state index in [0.29, 0.717) is 5.92 Å². The minimum atomic E-state index is 0.295. The van der Waals surface area contributed by atoms with E-state index < -0.39 is 0 Å². The van der Waals surface area contributed by atoms with Crippen LogP contribution >= 0.6 is 0 Å². The van der Waals surface area contributed by atoms with E-state index in [0.717, 1.165) is 31.1 Å². The molecule has 2 nitrogen and oxygen atoms in total. The molecule has 2 unspecified atom stereocenters. The van der Waals surface area contributed by atoms with E-state index in [4.69, 9.17) is 10.00 Å². The average molecular weight is 332 g/mol. The van der Waals surface area contributed by atoms with Gasteiger partial charge in [0.2, 0.25) is 0 Å². The Labute approximate surface area is 150 Å². The van der Waals surface area contributed by atoms with Gasteiger partial charge >= 0.3 is 0 Å². The van der Waals surface area contributed by atoms with Crippen LogP contribution in [0.1, 0.15) is 79.1 Å². The van der Waals surface area contributed by atoms with Crippen LogP contribution in [0.4, 0.5) is 0 Å². The molecule has 2 atom stereocenters. The lowest BCUT2D eigenvalue weighted by Crippen LogP contribution is -1.99. The fourth-order valence-corrected chi connectivity index (χ4v) is 2.29. The van der Waals surface area contributed by atoms with Gasteiger partial charge in [0, 0.05) is 5.92 Å². The number of rotatable bonds is 11. The topological polar surface area (TPSA) is 33.0 Å². The van der Waals surface area contributed by atoms with E-state index in [1.54, 1.807) is 0 Å². The number of ether oxygens (including phenoxy) is 1. The first-order chi connectivity index (χ1) is 11.7. The largest absolute Gasteiger partial charge is 0.494 e. The van der Waals surface area contributed by atoms with E-state index in [1.807, 2.05) is 30.3 Å². The van der Waals surface area contributed by atoms with Gasteiger partial charge in [-0.15, -0.1) is 0 Å². The Kier molecular flexibility index (Phi) is 15.4. The summed E-state index contributed by atoms with van der Waals surface area (Å²) in [7, 11) is 0. The summed E-state index contributed by atoms with van der Waals surface area (Å²) in [6.45, 7) is 9.62. The van der Waals surface area contributed by atoms with Crippen molar-refractivity contribution in [3.05, 3.63) is 30.3 Å². The van der Waals surface area contributed by atoms with Crippen molar-refractivity contribution in [1.29, 1.82) is 5.26 Å². The Morgan fingerprint density at radius 1 is 0.958 bits per heavy atom. The second-order valence-electron chi connectivity index (χ2n) is 6.55. The normalized spacial score (nSPS) is 12.5. The van der Waals surface area contributed by atoms with E-state index in [1.165, 1.54) is 38.5 Å². The molecule has 0 N–H and O–H groups in total. The summed E-state index contributed by atoms with van der Waals surface area (Å²) >= 11 is 0. The molecule has 0 amide bonds. The van der Waals surface area contributed by atoms with Crippen LogP contribution < -0.4 is 4.74 Å². The fraction of sp³-hybridized carbons (Fsp3) is 0.682. The molecule has 24 heavy (non-hydrogen) atoms. The molecule has 0 heterocycles. The van der Waals surface area contributed by atoms with Crippen molar-refractivity contribution in [3.8, 4) is 11.8 Å². The molecule has 0 spiro atoms. The van der Waals surface area contributed by atoms with Crippen LogP contribution in [0.5, 0.6) is 5.75 Å². The summed E-state index contributed by atoms with van der Waals surface area (Å²) < 4.78 is 5.55. The van der Waals surface area contributed by atoms with Gasteiger partial charge in [-0.1, -0.05) is 71.6 Å². The van der Waals surface area contributed by atoms with Crippen molar-refractivity contribution in [1.82, 2.24) is 0 Å². The van der Waals surface area contributed by atoms with Crippen LogP contribution in [-0.2, 0) is 0 Å². The predicted molar refractivity (Wildman–Crippen MR) is 104 cm³/mol. The Morgan fingerprint density at radius 2 is 1.67 bits per heavy atom. The number of hydrogen-bond donors (Lipinski definition) is 0. The maximum atomic E-state index is 8.66. The molecule has 2 heteroatoms. The summed E-state index contributed by atoms with van der Waals surface area (Å²) in [6, 6.07) is 12.3. The zero-order chi connectivity index (χ0) is 18.0. The van der Waals surface area contributed by atoms with E-state index >= 15 is 0 Å². The van der Waals surface area contributed by atoms with Gasteiger partial charge in [0.1, 0.15) is 5.75 Å². The van der Waals surface area contributed by atoms with Crippen molar-refractivity contribution in [2.45, 2.75) is 79.1 Å². The van der Waals surface area contributed by atoms with E-state index in [2.05, 4.69) is 33.8 Å². The molecule has 1 aromatic carbocycles. The van der Waals surface area contributed by atoms with Crippen molar-refractivity contribution in [2.75, 3.05) is 6.61 Å².